The molecule has 0 spiro atoms. The van der Waals surface area contributed by atoms with Gasteiger partial charge in [0, 0.05) is 0 Å². The molecular weight excluding hydrogens is 142 g/mol. The van der Waals surface area contributed by atoms with Crippen LogP contribution in [0.4, 0.5) is 4.79 Å². The molecule has 2 aliphatic rings. The van der Waals surface area contributed by atoms with Crippen molar-refractivity contribution in [3.63, 3.8) is 0 Å². The number of carbonyl (C=O) groups is 1. The molecule has 62 valence electrons. The van der Waals surface area contributed by atoms with Crippen LogP contribution in [-0.4, -0.2) is 18.2 Å². The zero-order chi connectivity index (χ0) is 7.84. The Morgan fingerprint density at radius 2 is 2.36 bits per heavy atom. The lowest BCUT2D eigenvalue weighted by Gasteiger charge is -2.13. The van der Waals surface area contributed by atoms with Gasteiger partial charge in [-0.2, -0.15) is 0 Å². The molecule has 2 rings (SSSR count). The summed E-state index contributed by atoms with van der Waals surface area (Å²) in [5.41, 5.74) is 0. The van der Waals surface area contributed by atoms with Crippen LogP contribution >= 0.6 is 0 Å². The van der Waals surface area contributed by atoms with Crippen molar-refractivity contribution >= 4 is 6.09 Å². The molecule has 3 nitrogen and oxygen atoms in total. The smallest absolute Gasteiger partial charge is 0.407 e. The summed E-state index contributed by atoms with van der Waals surface area (Å²) in [6, 6.07) is 0.312. The first-order valence-electron chi connectivity index (χ1n) is 4.28. The molecule has 0 aromatic heterocycles. The lowest BCUT2D eigenvalue weighted by molar-refractivity contribution is 0.126. The monoisotopic (exact) mass is 155 g/mol. The second-order valence-corrected chi connectivity index (χ2v) is 3.36. The molecule has 3 heteroatoms. The molecule has 0 aromatic carbocycles. The Morgan fingerprint density at radius 3 is 2.91 bits per heavy atom. The third-order valence-corrected chi connectivity index (χ3v) is 2.48. The Morgan fingerprint density at radius 1 is 1.64 bits per heavy atom. The highest BCUT2D eigenvalue weighted by atomic mass is 16.6. The van der Waals surface area contributed by atoms with E-state index in [2.05, 4.69) is 12.2 Å². The lowest BCUT2D eigenvalue weighted by atomic mass is 10.1. The van der Waals surface area contributed by atoms with Crippen LogP contribution in [0.1, 0.15) is 26.2 Å². The van der Waals surface area contributed by atoms with Gasteiger partial charge in [-0.25, -0.2) is 4.79 Å². The van der Waals surface area contributed by atoms with Crippen LogP contribution in [0.5, 0.6) is 0 Å². The van der Waals surface area contributed by atoms with E-state index in [9.17, 15) is 4.79 Å². The van der Waals surface area contributed by atoms with Gasteiger partial charge < -0.3 is 10.1 Å². The predicted molar refractivity (Wildman–Crippen MR) is 40.2 cm³/mol. The molecule has 1 unspecified atom stereocenters. The fourth-order valence-corrected chi connectivity index (χ4v) is 1.69. The maximum Gasteiger partial charge on any atom is 0.407 e. The van der Waals surface area contributed by atoms with Crippen molar-refractivity contribution in [2.45, 2.75) is 38.3 Å². The first-order chi connectivity index (χ1) is 5.31. The van der Waals surface area contributed by atoms with Crippen LogP contribution < -0.4 is 5.32 Å². The molecule has 2 atom stereocenters. The number of cyclic esters (lactones) is 1. The molecule has 0 radical (unpaired) electrons. The molecule has 1 heterocycles. The lowest BCUT2D eigenvalue weighted by Crippen LogP contribution is -2.33. The van der Waals surface area contributed by atoms with Crippen molar-refractivity contribution < 1.29 is 9.53 Å². The molecule has 1 aliphatic carbocycles. The van der Waals surface area contributed by atoms with Crippen LogP contribution in [-0.2, 0) is 4.74 Å². The van der Waals surface area contributed by atoms with E-state index in [1.165, 1.54) is 12.8 Å². The van der Waals surface area contributed by atoms with Crippen molar-refractivity contribution in [1.29, 1.82) is 0 Å². The summed E-state index contributed by atoms with van der Waals surface area (Å²) in [4.78, 5) is 10.8. The zero-order valence-corrected chi connectivity index (χ0v) is 6.67. The number of carbonyl (C=O) groups excluding carboxylic acids is 1. The van der Waals surface area contributed by atoms with Crippen LogP contribution in [0.2, 0.25) is 0 Å². The standard InChI is InChI=1S/C8H13NO2/c1-2-6-7(5-3-4-5)9-8(10)11-6/h5-7H,2-4H2,1H3,(H,9,10)/t6?,7-/m1/s1. The molecule has 1 amide bonds. The highest BCUT2D eigenvalue weighted by molar-refractivity contribution is 5.70. The Kier molecular flexibility index (Phi) is 1.51. The molecule has 11 heavy (non-hydrogen) atoms. The summed E-state index contributed by atoms with van der Waals surface area (Å²) < 4.78 is 5.07. The molecule has 1 aliphatic heterocycles. The first-order valence-corrected chi connectivity index (χ1v) is 4.28. The van der Waals surface area contributed by atoms with Crippen molar-refractivity contribution in [2.75, 3.05) is 0 Å². The number of nitrogens with one attached hydrogen (secondary N) is 1. The summed E-state index contributed by atoms with van der Waals surface area (Å²) in [5, 5.41) is 2.86. The van der Waals surface area contributed by atoms with E-state index in [1.807, 2.05) is 0 Å². The van der Waals surface area contributed by atoms with Gasteiger partial charge in [-0.05, 0) is 25.2 Å². The number of hydrogen-bond acceptors (Lipinski definition) is 2. The Labute approximate surface area is 66.1 Å². The Hall–Kier alpha value is -0.730. The van der Waals surface area contributed by atoms with Gasteiger partial charge in [0.25, 0.3) is 0 Å². The van der Waals surface area contributed by atoms with Gasteiger partial charge in [-0.15, -0.1) is 0 Å². The normalized spacial score (nSPS) is 36.6. The number of amides is 1. The molecule has 1 saturated heterocycles. The average molecular weight is 155 g/mol. The number of ether oxygens (including phenoxy) is 1. The molecule has 2 fully saturated rings. The minimum Gasteiger partial charge on any atom is -0.444 e. The van der Waals surface area contributed by atoms with E-state index < -0.39 is 0 Å². The first kappa shape index (κ1) is 6.95. The molecule has 0 aromatic rings. The topological polar surface area (TPSA) is 38.3 Å². The van der Waals surface area contributed by atoms with E-state index in [0.29, 0.717) is 12.0 Å². The molecule has 1 N–H and O–H groups in total. The fraction of sp³-hybridized carbons (Fsp3) is 0.875. The van der Waals surface area contributed by atoms with Crippen LogP contribution in [0, 0.1) is 5.92 Å². The Balaban J connectivity index is 2.00. The van der Waals surface area contributed by atoms with Crippen molar-refractivity contribution in [2.24, 2.45) is 5.92 Å². The maximum absolute atomic E-state index is 10.8. The zero-order valence-electron chi connectivity index (χ0n) is 6.67. The van der Waals surface area contributed by atoms with Gasteiger partial charge in [-0.3, -0.25) is 0 Å². The highest BCUT2D eigenvalue weighted by Crippen LogP contribution is 2.37. The second kappa shape index (κ2) is 2.40. The molecular formula is C8H13NO2. The SMILES string of the molecule is CCC1OC(=O)N[C@@H]1C1CC1. The molecule has 1 saturated carbocycles. The van der Waals surface area contributed by atoms with Crippen molar-refractivity contribution in [3.05, 3.63) is 0 Å². The quantitative estimate of drug-likeness (QED) is 0.652. The van der Waals surface area contributed by atoms with E-state index in [1.54, 1.807) is 0 Å². The number of alkyl carbamates (subject to hydrolysis) is 1. The maximum atomic E-state index is 10.8. The number of rotatable bonds is 2. The van der Waals surface area contributed by atoms with Crippen molar-refractivity contribution in [1.82, 2.24) is 5.32 Å². The van der Waals surface area contributed by atoms with E-state index in [-0.39, 0.29) is 12.2 Å². The van der Waals surface area contributed by atoms with Gasteiger partial charge in [0.05, 0.1) is 6.04 Å². The Bertz CT molecular complexity index is 177. The number of hydrogen-bond donors (Lipinski definition) is 1. The summed E-state index contributed by atoms with van der Waals surface area (Å²) in [5.74, 6) is 0.700. The van der Waals surface area contributed by atoms with Crippen LogP contribution in [0.15, 0.2) is 0 Å². The van der Waals surface area contributed by atoms with E-state index in [0.717, 1.165) is 6.42 Å². The minimum absolute atomic E-state index is 0.134. The molecule has 0 bridgehead atoms. The summed E-state index contributed by atoms with van der Waals surface area (Å²) in [7, 11) is 0. The largest absolute Gasteiger partial charge is 0.444 e. The van der Waals surface area contributed by atoms with Gasteiger partial charge in [-0.1, -0.05) is 6.92 Å². The summed E-state index contributed by atoms with van der Waals surface area (Å²) in [6.07, 6.45) is 3.35. The summed E-state index contributed by atoms with van der Waals surface area (Å²) in [6.45, 7) is 2.06. The second-order valence-electron chi connectivity index (χ2n) is 3.36. The predicted octanol–water partition coefficient (Wildman–Crippen LogP) is 1.28. The highest BCUT2D eigenvalue weighted by Gasteiger charge is 2.42. The van der Waals surface area contributed by atoms with Gasteiger partial charge >= 0.3 is 6.09 Å². The van der Waals surface area contributed by atoms with E-state index in [4.69, 9.17) is 4.74 Å². The summed E-state index contributed by atoms with van der Waals surface area (Å²) >= 11 is 0. The third kappa shape index (κ3) is 1.19. The van der Waals surface area contributed by atoms with Crippen LogP contribution in [0.25, 0.3) is 0 Å². The third-order valence-electron chi connectivity index (χ3n) is 2.48. The van der Waals surface area contributed by atoms with Gasteiger partial charge in [0.1, 0.15) is 6.10 Å². The van der Waals surface area contributed by atoms with Crippen LogP contribution in [0.3, 0.4) is 0 Å². The van der Waals surface area contributed by atoms with Gasteiger partial charge in [0.2, 0.25) is 0 Å². The van der Waals surface area contributed by atoms with Gasteiger partial charge in [0.15, 0.2) is 0 Å². The van der Waals surface area contributed by atoms with Crippen molar-refractivity contribution in [3.8, 4) is 0 Å². The van der Waals surface area contributed by atoms with E-state index >= 15 is 0 Å². The minimum atomic E-state index is -0.228. The fourth-order valence-electron chi connectivity index (χ4n) is 1.69. The average Bonchev–Trinajstić information content (AvgIpc) is 2.75.